The first-order valence-electron chi connectivity index (χ1n) is 28.2. The van der Waals surface area contributed by atoms with Gasteiger partial charge in [-0.25, -0.2) is 0 Å². The number of carbonyl (C=O) groups is 3. The molecular weight excluding hydrogens is 1080 g/mol. The van der Waals surface area contributed by atoms with Gasteiger partial charge in [0.15, 0.2) is 18.4 Å². The van der Waals surface area contributed by atoms with Crippen molar-refractivity contribution in [1.82, 2.24) is 5.32 Å². The van der Waals surface area contributed by atoms with Crippen LogP contribution in [0.3, 0.4) is 0 Å². The van der Waals surface area contributed by atoms with Gasteiger partial charge in [0.25, 0.3) is 0 Å². The van der Waals surface area contributed by atoms with Crippen molar-refractivity contribution in [3.05, 3.63) is 84.1 Å². The van der Waals surface area contributed by atoms with E-state index in [1.165, 1.54) is 28.4 Å². The molecule has 21 nitrogen and oxygen atoms in total. The molecule has 1 aliphatic carbocycles. The monoisotopic (exact) mass is 1170 g/mol. The van der Waals surface area contributed by atoms with E-state index in [9.17, 15) is 50.1 Å². The molecule has 4 heterocycles. The zero-order valence-corrected chi connectivity index (χ0v) is 49.5. The average Bonchev–Trinajstić information content (AvgIpc) is 3.88. The van der Waals surface area contributed by atoms with E-state index < -0.39 is 157 Å². The van der Waals surface area contributed by atoms with E-state index in [4.69, 9.17) is 47.4 Å². The molecule has 4 saturated heterocycles. The summed E-state index contributed by atoms with van der Waals surface area (Å²) in [6, 6.07) is 0. The molecule has 0 aromatic rings. The number of hydrogen-bond acceptors (Lipinski definition) is 20. The second-order valence-corrected chi connectivity index (χ2v) is 22.6. The number of allylic oxidation sites excluding steroid dienone is 10. The van der Waals surface area contributed by atoms with Crippen LogP contribution in [-0.2, 0) is 61.8 Å². The summed E-state index contributed by atoms with van der Waals surface area (Å²) in [5, 5.41) is 82.9. The molecule has 24 atom stereocenters. The average molecular weight is 1170 g/mol. The van der Waals surface area contributed by atoms with Crippen LogP contribution in [0.15, 0.2) is 84.1 Å². The van der Waals surface area contributed by atoms with E-state index in [1.807, 2.05) is 20.8 Å². The number of ether oxygens (including phenoxy) is 10. The zero-order valence-electron chi connectivity index (χ0n) is 49.5. The van der Waals surface area contributed by atoms with Crippen LogP contribution in [0.2, 0.25) is 0 Å². The number of methoxy groups -OCH3 is 4. The van der Waals surface area contributed by atoms with Gasteiger partial charge in [0.05, 0.1) is 48.6 Å². The van der Waals surface area contributed by atoms with E-state index in [0.29, 0.717) is 18.4 Å². The van der Waals surface area contributed by atoms with Crippen molar-refractivity contribution in [1.29, 1.82) is 0 Å². The molecular formula is C60H94NNaO20. The van der Waals surface area contributed by atoms with Crippen LogP contribution < -0.4 is 5.32 Å². The Morgan fingerprint density at radius 1 is 0.756 bits per heavy atom. The Hall–Kier alpha value is -2.69. The first-order chi connectivity index (χ1) is 38.3. The Morgan fingerprint density at radius 2 is 1.39 bits per heavy atom. The van der Waals surface area contributed by atoms with Gasteiger partial charge in [-0.1, -0.05) is 108 Å². The number of nitrogens with one attached hydrogen (secondary N) is 1. The number of amides is 1. The minimum atomic E-state index is -2.53. The van der Waals surface area contributed by atoms with Gasteiger partial charge in [-0.2, -0.15) is 0 Å². The third-order valence-electron chi connectivity index (χ3n) is 16.7. The predicted molar refractivity (Wildman–Crippen MR) is 304 cm³/mol. The summed E-state index contributed by atoms with van der Waals surface area (Å²) >= 11 is 0. The molecule has 82 heavy (non-hydrogen) atoms. The first-order valence-corrected chi connectivity index (χ1v) is 28.2. The fourth-order valence-corrected chi connectivity index (χ4v) is 11.8. The quantitative estimate of drug-likeness (QED) is 0.0298. The number of rotatable bonds is 24. The maximum atomic E-state index is 14.1. The molecule has 0 aromatic heterocycles. The molecule has 0 radical (unpaired) electrons. The summed E-state index contributed by atoms with van der Waals surface area (Å²) in [5.41, 5.74) is -0.0535. The number of Topliss-reactive ketones (excluding diaryl/α,β-unsaturated/α-hetero) is 2. The van der Waals surface area contributed by atoms with Crippen molar-refractivity contribution in [3.8, 4) is 0 Å². The number of carbonyl (C=O) groups excluding carboxylic acids is 3. The summed E-state index contributed by atoms with van der Waals surface area (Å²) in [6.45, 7) is 17.5. The fraction of sp³-hybridized carbons (Fsp3) is 0.717. The first kappa shape index (κ1) is 71.8. The van der Waals surface area contributed by atoms with E-state index in [1.54, 1.807) is 121 Å². The Bertz CT molecular complexity index is 2290. The summed E-state index contributed by atoms with van der Waals surface area (Å²) in [5.74, 6) is -6.96. The van der Waals surface area contributed by atoms with Crippen LogP contribution in [0.4, 0.5) is 0 Å². The van der Waals surface area contributed by atoms with Crippen LogP contribution in [0, 0.1) is 29.1 Å². The van der Waals surface area contributed by atoms with Crippen LogP contribution in [0.25, 0.3) is 0 Å². The van der Waals surface area contributed by atoms with Crippen LogP contribution in [0.5, 0.6) is 0 Å². The fourth-order valence-electron chi connectivity index (χ4n) is 11.8. The molecule has 1 saturated carbocycles. The number of hydrogen-bond donors (Lipinski definition) is 8. The predicted octanol–water partition coefficient (Wildman–Crippen LogP) is 2.36. The van der Waals surface area contributed by atoms with Gasteiger partial charge < -0.3 is 88.4 Å². The molecule has 3 unspecified atom stereocenters. The molecule has 0 bridgehead atoms. The number of aliphatic hydroxyl groups excluding tert-OH is 6. The third kappa shape index (κ3) is 16.3. The Labute approximate surface area is 506 Å². The van der Waals surface area contributed by atoms with Gasteiger partial charge in [-0.3, -0.25) is 14.4 Å². The van der Waals surface area contributed by atoms with Crippen molar-refractivity contribution in [3.63, 3.8) is 0 Å². The standard InChI is InChI=1S/C60H93NO20.Na.H/c1-15-17-19-27-40-59(9,10)55(80-57-47(68)52(74-13)51(36(8)76-57)79-58-53(75-14)46(67)50(73-12)35(7)77-58)54(69)60(71,81-40)37(16-2)56(70)61-30-23-22-25-33(5)48(72-11)34(6)49-45(66)44(65)39(78-49)26-21-18-20-24-31(3)42(63)41-38(62)29-28-32(4)43(41)64;;/h15,17-27,32,34-41,44-55,57-58,62,65-69,71H,16,28-30H2,1-14H3,(H,61,70);;/b17-15+,20-18+,23-22+,26-21+,27-19+,31-24+,33-25+;;/t32?,34-,35+,36-,37-,38?,39-,40+,41?,44+,45+,46-,47-,48-,49+,50+,51-,52+,53-,54-,55+,57+,58+,60-;;/m1../s1. The molecule has 5 rings (SSSR count). The molecule has 4 aliphatic heterocycles. The van der Waals surface area contributed by atoms with E-state index in [0.717, 1.165) is 5.57 Å². The van der Waals surface area contributed by atoms with Crippen molar-refractivity contribution < 1.29 is 97.5 Å². The van der Waals surface area contributed by atoms with Crippen molar-refractivity contribution in [2.45, 2.75) is 211 Å². The Kier molecular flexibility index (Phi) is 28.3. The molecule has 460 valence electrons. The minimum absolute atomic E-state index is 0. The van der Waals surface area contributed by atoms with Crippen LogP contribution in [-0.4, -0.2) is 240 Å². The number of aliphatic hydroxyl groups is 7. The molecule has 5 aliphatic rings. The van der Waals surface area contributed by atoms with Gasteiger partial charge >= 0.3 is 29.6 Å². The summed E-state index contributed by atoms with van der Waals surface area (Å²) < 4.78 is 60.3. The van der Waals surface area contributed by atoms with Gasteiger partial charge in [0, 0.05) is 52.2 Å². The Morgan fingerprint density at radius 3 is 2.01 bits per heavy atom. The third-order valence-corrected chi connectivity index (χ3v) is 16.7. The van der Waals surface area contributed by atoms with Gasteiger partial charge in [0.1, 0.15) is 72.7 Å². The van der Waals surface area contributed by atoms with Crippen LogP contribution >= 0.6 is 0 Å². The summed E-state index contributed by atoms with van der Waals surface area (Å²) in [7, 11) is 5.76. The Balaban J connectivity index is 0.0000144. The second kappa shape index (κ2) is 32.3. The van der Waals surface area contributed by atoms with E-state index in [-0.39, 0.29) is 54.2 Å². The number of ketones is 2. The normalized spacial score (nSPS) is 39.8. The van der Waals surface area contributed by atoms with E-state index in [2.05, 4.69) is 5.32 Å². The summed E-state index contributed by atoms with van der Waals surface area (Å²) in [4.78, 5) is 39.7. The van der Waals surface area contributed by atoms with Crippen molar-refractivity contribution >= 4 is 47.0 Å². The summed E-state index contributed by atoms with van der Waals surface area (Å²) in [6.07, 6.45) is 0.840. The van der Waals surface area contributed by atoms with Gasteiger partial charge in [0.2, 0.25) is 11.7 Å². The molecule has 22 heteroatoms. The topological polar surface area (TPSA) is 297 Å². The zero-order chi connectivity index (χ0) is 60.3. The van der Waals surface area contributed by atoms with Crippen molar-refractivity contribution in [2.24, 2.45) is 29.1 Å². The molecule has 8 N–H and O–H groups in total. The molecule has 0 aromatic carbocycles. The van der Waals surface area contributed by atoms with Gasteiger partial charge in [-0.15, -0.1) is 0 Å². The van der Waals surface area contributed by atoms with Crippen LogP contribution in [0.1, 0.15) is 88.5 Å². The molecule has 5 fully saturated rings. The van der Waals surface area contributed by atoms with Crippen molar-refractivity contribution in [2.75, 3.05) is 35.0 Å². The second-order valence-electron chi connectivity index (χ2n) is 22.6. The van der Waals surface area contributed by atoms with Gasteiger partial charge in [-0.05, 0) is 65.0 Å². The molecule has 1 amide bonds. The maximum absolute atomic E-state index is 14.1. The SMILES string of the molecule is C/C=C/C=C/[C@@H]1O[C@](O)([C@H](CC)C(=O)NC/C=C/C=C(\C)[C@@H](OC)[C@@H](C)[C@@H]2O[C@H](/C=C/C=C/C=C(\C)C(=O)C3C(=O)C(C)CCC3O)[C@H](O)[C@@H]2O)[C@H](O)[C@H](O[C@@H]2O[C@H](C)[C@@H](O[C@@H]3O[C@@H](C)[C@H](OC)[C@@H](O)[C@H]3OC)[C@@H](OC)[C@H]2O)C1(C)C.[NaH]. The van der Waals surface area contributed by atoms with E-state index >= 15 is 0 Å². The molecule has 0 spiro atoms.